The van der Waals surface area contributed by atoms with Crippen LogP contribution in [0.25, 0.3) is 0 Å². The molecule has 0 atom stereocenters. The molecule has 1 aromatic heterocycles. The monoisotopic (exact) mass is 199 g/mol. The van der Waals surface area contributed by atoms with E-state index in [9.17, 15) is 8.78 Å². The van der Waals surface area contributed by atoms with Gasteiger partial charge in [-0.2, -0.15) is 8.78 Å². The van der Waals surface area contributed by atoms with Gasteiger partial charge in [-0.1, -0.05) is 0 Å². The van der Waals surface area contributed by atoms with Gasteiger partial charge in [0.15, 0.2) is 5.82 Å². The van der Waals surface area contributed by atoms with Gasteiger partial charge in [-0.25, -0.2) is 9.97 Å². The quantitative estimate of drug-likeness (QED) is 0.645. The molecule has 14 heavy (non-hydrogen) atoms. The summed E-state index contributed by atoms with van der Waals surface area (Å²) in [6.07, 6.45) is 4.21. The van der Waals surface area contributed by atoms with Gasteiger partial charge in [0, 0.05) is 13.1 Å². The molecule has 1 fully saturated rings. The smallest absolute Gasteiger partial charge is 0.254 e. The summed E-state index contributed by atoms with van der Waals surface area (Å²) in [5.74, 6) is -1.91. The molecule has 0 unspecified atom stereocenters. The van der Waals surface area contributed by atoms with Crippen LogP contribution in [0.1, 0.15) is 19.3 Å². The molecule has 2 heterocycles. The molecular formula is C9H11F2N3. The fourth-order valence-corrected chi connectivity index (χ4v) is 1.67. The molecule has 5 heteroatoms. The van der Waals surface area contributed by atoms with Crippen molar-refractivity contribution in [2.75, 3.05) is 18.0 Å². The van der Waals surface area contributed by atoms with Crippen LogP contribution in [0.15, 0.2) is 6.33 Å². The van der Waals surface area contributed by atoms with Crippen LogP contribution < -0.4 is 4.90 Å². The van der Waals surface area contributed by atoms with E-state index in [1.165, 1.54) is 0 Å². The lowest BCUT2D eigenvalue weighted by molar-refractivity contribution is 0.464. The molecule has 1 aliphatic rings. The molecule has 1 aliphatic heterocycles. The Morgan fingerprint density at radius 3 is 2.50 bits per heavy atom. The van der Waals surface area contributed by atoms with Crippen molar-refractivity contribution in [2.24, 2.45) is 0 Å². The van der Waals surface area contributed by atoms with Gasteiger partial charge >= 0.3 is 0 Å². The van der Waals surface area contributed by atoms with Crippen molar-refractivity contribution in [3.8, 4) is 0 Å². The Kier molecular flexibility index (Phi) is 2.56. The highest BCUT2D eigenvalue weighted by Gasteiger charge is 2.18. The molecule has 3 nitrogen and oxygen atoms in total. The first-order chi connectivity index (χ1) is 6.79. The second kappa shape index (κ2) is 3.86. The number of anilines is 1. The number of halogens is 2. The van der Waals surface area contributed by atoms with Crippen LogP contribution in [0.2, 0.25) is 0 Å². The second-order valence-electron chi connectivity index (χ2n) is 3.35. The maximum Gasteiger partial charge on any atom is 0.254 e. The van der Waals surface area contributed by atoms with Gasteiger partial charge in [0.2, 0.25) is 5.82 Å². The van der Waals surface area contributed by atoms with Crippen molar-refractivity contribution in [1.82, 2.24) is 9.97 Å². The summed E-state index contributed by atoms with van der Waals surface area (Å²) >= 11 is 0. The number of piperidine rings is 1. The van der Waals surface area contributed by atoms with Crippen molar-refractivity contribution < 1.29 is 8.78 Å². The average Bonchev–Trinajstić information content (AvgIpc) is 2.23. The van der Waals surface area contributed by atoms with Gasteiger partial charge < -0.3 is 4.90 Å². The van der Waals surface area contributed by atoms with E-state index in [4.69, 9.17) is 0 Å². The topological polar surface area (TPSA) is 29.0 Å². The standard InChI is InChI=1S/C9H11F2N3/c10-7-8(11)12-6-13-9(7)14-4-2-1-3-5-14/h6H,1-5H2. The summed E-state index contributed by atoms with van der Waals surface area (Å²) in [6, 6.07) is 0. The molecule has 0 bridgehead atoms. The summed E-state index contributed by atoms with van der Waals surface area (Å²) in [5, 5.41) is 0. The molecular weight excluding hydrogens is 188 g/mol. The Hall–Kier alpha value is -1.26. The Morgan fingerprint density at radius 1 is 1.07 bits per heavy atom. The van der Waals surface area contributed by atoms with Gasteiger partial charge in [-0.15, -0.1) is 0 Å². The first-order valence-electron chi connectivity index (χ1n) is 4.70. The third-order valence-electron chi connectivity index (χ3n) is 2.38. The van der Waals surface area contributed by atoms with Crippen molar-refractivity contribution in [3.05, 3.63) is 18.1 Å². The van der Waals surface area contributed by atoms with E-state index in [1.54, 1.807) is 4.90 Å². The molecule has 1 aromatic rings. The van der Waals surface area contributed by atoms with Crippen molar-refractivity contribution in [3.63, 3.8) is 0 Å². The summed E-state index contributed by atoms with van der Waals surface area (Å²) in [6.45, 7) is 1.49. The summed E-state index contributed by atoms with van der Waals surface area (Å²) < 4.78 is 26.0. The van der Waals surface area contributed by atoms with Crippen LogP contribution in [-0.2, 0) is 0 Å². The van der Waals surface area contributed by atoms with Gasteiger partial charge in [-0.05, 0) is 19.3 Å². The molecule has 0 amide bonds. The van der Waals surface area contributed by atoms with Crippen LogP contribution in [0, 0.1) is 11.8 Å². The van der Waals surface area contributed by atoms with E-state index < -0.39 is 11.8 Å². The minimum absolute atomic E-state index is 0.0946. The highest BCUT2D eigenvalue weighted by Crippen LogP contribution is 2.20. The molecule has 0 saturated carbocycles. The molecule has 0 N–H and O–H groups in total. The third kappa shape index (κ3) is 1.66. The minimum Gasteiger partial charge on any atom is -0.354 e. The maximum absolute atomic E-state index is 13.2. The van der Waals surface area contributed by atoms with Crippen LogP contribution in [0.5, 0.6) is 0 Å². The first-order valence-corrected chi connectivity index (χ1v) is 4.70. The Balaban J connectivity index is 2.26. The van der Waals surface area contributed by atoms with E-state index in [1.807, 2.05) is 0 Å². The Morgan fingerprint density at radius 2 is 1.79 bits per heavy atom. The molecule has 76 valence electrons. The zero-order chi connectivity index (χ0) is 9.97. The lowest BCUT2D eigenvalue weighted by Crippen LogP contribution is -2.31. The lowest BCUT2D eigenvalue weighted by Gasteiger charge is -2.27. The zero-order valence-electron chi connectivity index (χ0n) is 7.71. The van der Waals surface area contributed by atoms with Crippen molar-refractivity contribution in [1.29, 1.82) is 0 Å². The maximum atomic E-state index is 13.2. The van der Waals surface area contributed by atoms with Gasteiger partial charge in [0.25, 0.3) is 5.95 Å². The van der Waals surface area contributed by atoms with E-state index in [2.05, 4.69) is 9.97 Å². The molecule has 0 radical (unpaired) electrons. The fourth-order valence-electron chi connectivity index (χ4n) is 1.67. The summed E-state index contributed by atoms with van der Waals surface area (Å²) in [4.78, 5) is 8.68. The Bertz CT molecular complexity index is 324. The first kappa shape index (κ1) is 9.30. The van der Waals surface area contributed by atoms with E-state index in [0.717, 1.165) is 38.7 Å². The fraction of sp³-hybridized carbons (Fsp3) is 0.556. The largest absolute Gasteiger partial charge is 0.354 e. The number of nitrogens with zero attached hydrogens (tertiary/aromatic N) is 3. The van der Waals surface area contributed by atoms with Crippen LogP contribution in [-0.4, -0.2) is 23.1 Å². The number of rotatable bonds is 1. The predicted molar refractivity (Wildman–Crippen MR) is 48.0 cm³/mol. The van der Waals surface area contributed by atoms with Gasteiger partial charge in [-0.3, -0.25) is 0 Å². The highest BCUT2D eigenvalue weighted by atomic mass is 19.2. The SMILES string of the molecule is Fc1ncnc(N2CCCCC2)c1F. The number of aromatic nitrogens is 2. The van der Waals surface area contributed by atoms with Gasteiger partial charge in [0.1, 0.15) is 6.33 Å². The van der Waals surface area contributed by atoms with Crippen molar-refractivity contribution in [2.45, 2.75) is 19.3 Å². The molecule has 0 spiro atoms. The van der Waals surface area contributed by atoms with Crippen LogP contribution in [0.4, 0.5) is 14.6 Å². The molecule has 2 rings (SSSR count). The van der Waals surface area contributed by atoms with E-state index in [0.29, 0.717) is 0 Å². The molecule has 0 aliphatic carbocycles. The lowest BCUT2D eigenvalue weighted by atomic mass is 10.1. The highest BCUT2D eigenvalue weighted by molar-refractivity contribution is 5.38. The van der Waals surface area contributed by atoms with Gasteiger partial charge in [0.05, 0.1) is 0 Å². The van der Waals surface area contributed by atoms with Crippen LogP contribution in [0.3, 0.4) is 0 Å². The second-order valence-corrected chi connectivity index (χ2v) is 3.35. The Labute approximate surface area is 80.8 Å². The minimum atomic E-state index is -1.07. The van der Waals surface area contributed by atoms with Crippen molar-refractivity contribution >= 4 is 5.82 Å². The van der Waals surface area contributed by atoms with E-state index in [-0.39, 0.29) is 5.82 Å². The average molecular weight is 199 g/mol. The number of hydrogen-bond acceptors (Lipinski definition) is 3. The zero-order valence-corrected chi connectivity index (χ0v) is 7.71. The van der Waals surface area contributed by atoms with Crippen LogP contribution >= 0.6 is 0 Å². The van der Waals surface area contributed by atoms with E-state index >= 15 is 0 Å². The molecule has 1 saturated heterocycles. The third-order valence-corrected chi connectivity index (χ3v) is 2.38. The molecule has 0 aromatic carbocycles. The summed E-state index contributed by atoms with van der Waals surface area (Å²) in [5.41, 5.74) is 0. The normalized spacial score (nSPS) is 17.1. The number of hydrogen-bond donors (Lipinski definition) is 0. The summed E-state index contributed by atoms with van der Waals surface area (Å²) in [7, 11) is 0. The predicted octanol–water partition coefficient (Wildman–Crippen LogP) is 1.75.